The van der Waals surface area contributed by atoms with E-state index in [1.54, 1.807) is 0 Å². The normalized spacial score (nSPS) is 12.5. The molecule has 1 N–H and O–H groups in total. The van der Waals surface area contributed by atoms with Gasteiger partial charge in [-0.05, 0) is 59.5 Å². The third kappa shape index (κ3) is 3.41. The molecular formula is C18H17IN2. The molecule has 0 aliphatic carbocycles. The first-order chi connectivity index (χ1) is 10.3. The molecule has 106 valence electrons. The quantitative estimate of drug-likeness (QED) is 0.673. The Kier molecular flexibility index (Phi) is 4.51. The maximum Gasteiger partial charge on any atom is 0.0705 e. The summed E-state index contributed by atoms with van der Waals surface area (Å²) in [6, 6.07) is 21.4. The van der Waals surface area contributed by atoms with Gasteiger partial charge in [-0.3, -0.25) is 4.98 Å². The lowest BCUT2D eigenvalue weighted by molar-refractivity contribution is 0.585. The number of pyridine rings is 1. The summed E-state index contributed by atoms with van der Waals surface area (Å²) in [7, 11) is 2.01. The summed E-state index contributed by atoms with van der Waals surface area (Å²) >= 11 is 2.35. The van der Waals surface area contributed by atoms with E-state index in [0.29, 0.717) is 0 Å². The van der Waals surface area contributed by atoms with Crippen LogP contribution < -0.4 is 5.32 Å². The Bertz CT molecular complexity index is 755. The second kappa shape index (κ2) is 6.54. The molecule has 3 aromatic rings. The standard InChI is InChI=1S/C18H17IN2/c1-20-18(14-6-4-7-15(19)11-14)12-16-10-9-13-5-2-3-8-17(13)21-16/h2-11,18,20H,12H2,1H3. The summed E-state index contributed by atoms with van der Waals surface area (Å²) in [5.74, 6) is 0. The summed E-state index contributed by atoms with van der Waals surface area (Å²) < 4.78 is 1.26. The van der Waals surface area contributed by atoms with Crippen molar-refractivity contribution in [1.29, 1.82) is 0 Å². The minimum atomic E-state index is 0.286. The predicted molar refractivity (Wildman–Crippen MR) is 96.4 cm³/mol. The van der Waals surface area contributed by atoms with E-state index < -0.39 is 0 Å². The van der Waals surface area contributed by atoms with Crippen LogP contribution in [0.3, 0.4) is 0 Å². The molecule has 0 saturated carbocycles. The van der Waals surface area contributed by atoms with Crippen molar-refractivity contribution in [3.63, 3.8) is 0 Å². The van der Waals surface area contributed by atoms with Gasteiger partial charge in [0, 0.05) is 27.1 Å². The lowest BCUT2D eigenvalue weighted by Gasteiger charge is -2.17. The molecule has 0 fully saturated rings. The Labute approximate surface area is 138 Å². The summed E-state index contributed by atoms with van der Waals surface area (Å²) in [5.41, 5.74) is 3.48. The van der Waals surface area contributed by atoms with E-state index in [2.05, 4.69) is 76.4 Å². The van der Waals surface area contributed by atoms with Gasteiger partial charge >= 0.3 is 0 Å². The number of rotatable bonds is 4. The van der Waals surface area contributed by atoms with E-state index in [0.717, 1.165) is 17.6 Å². The zero-order chi connectivity index (χ0) is 14.7. The number of aromatic nitrogens is 1. The SMILES string of the molecule is CNC(Cc1ccc2ccccc2n1)c1cccc(I)c1. The molecule has 3 rings (SSSR count). The molecule has 21 heavy (non-hydrogen) atoms. The molecule has 2 nitrogen and oxygen atoms in total. The molecule has 1 unspecified atom stereocenters. The molecule has 0 saturated heterocycles. The Morgan fingerprint density at radius 3 is 2.71 bits per heavy atom. The molecule has 1 aromatic heterocycles. The molecule has 0 radical (unpaired) electrons. The average molecular weight is 388 g/mol. The molecular weight excluding hydrogens is 371 g/mol. The van der Waals surface area contributed by atoms with Crippen LogP contribution in [0.4, 0.5) is 0 Å². The van der Waals surface area contributed by atoms with E-state index >= 15 is 0 Å². The zero-order valence-electron chi connectivity index (χ0n) is 11.9. The highest BCUT2D eigenvalue weighted by Gasteiger charge is 2.11. The van der Waals surface area contributed by atoms with Crippen molar-refractivity contribution in [3.05, 3.63) is 75.5 Å². The molecule has 1 heterocycles. The number of nitrogens with zero attached hydrogens (tertiary/aromatic N) is 1. The van der Waals surface area contributed by atoms with Crippen molar-refractivity contribution in [2.75, 3.05) is 7.05 Å². The fourth-order valence-corrected chi connectivity index (χ4v) is 3.11. The number of halogens is 1. The van der Waals surface area contributed by atoms with Crippen LogP contribution in [-0.4, -0.2) is 12.0 Å². The van der Waals surface area contributed by atoms with Crippen molar-refractivity contribution < 1.29 is 0 Å². The van der Waals surface area contributed by atoms with E-state index in [-0.39, 0.29) is 6.04 Å². The summed E-state index contributed by atoms with van der Waals surface area (Å²) in [4.78, 5) is 4.77. The van der Waals surface area contributed by atoms with Crippen LogP contribution in [-0.2, 0) is 6.42 Å². The first-order valence-electron chi connectivity index (χ1n) is 7.03. The van der Waals surface area contributed by atoms with E-state index in [9.17, 15) is 0 Å². The lowest BCUT2D eigenvalue weighted by atomic mass is 10.0. The van der Waals surface area contributed by atoms with Crippen LogP contribution in [0.15, 0.2) is 60.7 Å². The number of benzene rings is 2. The molecule has 3 heteroatoms. The number of fused-ring (bicyclic) bond motifs is 1. The Morgan fingerprint density at radius 2 is 1.90 bits per heavy atom. The number of para-hydroxylation sites is 1. The molecule has 0 bridgehead atoms. The van der Waals surface area contributed by atoms with Gasteiger partial charge in [-0.1, -0.05) is 36.4 Å². The summed E-state index contributed by atoms with van der Waals surface area (Å²) in [6.07, 6.45) is 0.890. The van der Waals surface area contributed by atoms with Gasteiger partial charge < -0.3 is 5.32 Å². The average Bonchev–Trinajstić information content (AvgIpc) is 2.52. The van der Waals surface area contributed by atoms with Crippen LogP contribution in [0.5, 0.6) is 0 Å². The maximum atomic E-state index is 4.77. The van der Waals surface area contributed by atoms with E-state index in [1.807, 2.05) is 19.2 Å². The number of likely N-dealkylation sites (N-methyl/N-ethyl adjacent to an activating group) is 1. The summed E-state index contributed by atoms with van der Waals surface area (Å²) in [6.45, 7) is 0. The van der Waals surface area contributed by atoms with Crippen LogP contribution in [0.1, 0.15) is 17.3 Å². The van der Waals surface area contributed by atoms with Crippen LogP contribution in [0, 0.1) is 3.57 Å². The number of nitrogens with one attached hydrogen (secondary N) is 1. The highest BCUT2D eigenvalue weighted by molar-refractivity contribution is 14.1. The van der Waals surface area contributed by atoms with E-state index in [4.69, 9.17) is 4.98 Å². The van der Waals surface area contributed by atoms with Crippen molar-refractivity contribution in [2.24, 2.45) is 0 Å². The molecule has 2 aromatic carbocycles. The Hall–Kier alpha value is -1.46. The second-order valence-corrected chi connectivity index (χ2v) is 6.34. The van der Waals surface area contributed by atoms with Crippen molar-refractivity contribution in [3.8, 4) is 0 Å². The molecule has 0 spiro atoms. The first-order valence-corrected chi connectivity index (χ1v) is 8.11. The second-order valence-electron chi connectivity index (χ2n) is 5.10. The minimum absolute atomic E-state index is 0.286. The first kappa shape index (κ1) is 14.5. The molecule has 0 amide bonds. The zero-order valence-corrected chi connectivity index (χ0v) is 14.0. The van der Waals surface area contributed by atoms with Gasteiger partial charge in [0.2, 0.25) is 0 Å². The smallest absolute Gasteiger partial charge is 0.0705 e. The van der Waals surface area contributed by atoms with Crippen LogP contribution in [0.2, 0.25) is 0 Å². The largest absolute Gasteiger partial charge is 0.313 e. The fourth-order valence-electron chi connectivity index (χ4n) is 2.54. The van der Waals surface area contributed by atoms with Crippen LogP contribution in [0.25, 0.3) is 10.9 Å². The molecule has 0 aliphatic rings. The topological polar surface area (TPSA) is 24.9 Å². The van der Waals surface area contributed by atoms with Crippen LogP contribution >= 0.6 is 22.6 Å². The maximum absolute atomic E-state index is 4.77. The van der Waals surface area contributed by atoms with Crippen molar-refractivity contribution >= 4 is 33.5 Å². The lowest BCUT2D eigenvalue weighted by Crippen LogP contribution is -2.19. The third-order valence-corrected chi connectivity index (χ3v) is 4.34. The van der Waals surface area contributed by atoms with E-state index in [1.165, 1.54) is 14.5 Å². The van der Waals surface area contributed by atoms with Gasteiger partial charge in [0.05, 0.1) is 5.52 Å². The monoisotopic (exact) mass is 388 g/mol. The highest BCUT2D eigenvalue weighted by Crippen LogP contribution is 2.21. The minimum Gasteiger partial charge on any atom is -0.313 e. The fraction of sp³-hybridized carbons (Fsp3) is 0.167. The van der Waals surface area contributed by atoms with Gasteiger partial charge in [0.1, 0.15) is 0 Å². The predicted octanol–water partition coefficient (Wildman–Crippen LogP) is 4.34. The molecule has 0 aliphatic heterocycles. The highest BCUT2D eigenvalue weighted by atomic mass is 127. The van der Waals surface area contributed by atoms with Crippen molar-refractivity contribution in [1.82, 2.24) is 10.3 Å². The Morgan fingerprint density at radius 1 is 1.05 bits per heavy atom. The van der Waals surface area contributed by atoms with Gasteiger partial charge in [-0.15, -0.1) is 0 Å². The van der Waals surface area contributed by atoms with Gasteiger partial charge in [0.15, 0.2) is 0 Å². The van der Waals surface area contributed by atoms with Gasteiger partial charge in [-0.2, -0.15) is 0 Å². The summed E-state index contributed by atoms with van der Waals surface area (Å²) in [5, 5.41) is 4.59. The van der Waals surface area contributed by atoms with Crippen molar-refractivity contribution in [2.45, 2.75) is 12.5 Å². The molecule has 1 atom stereocenters. The number of hydrogen-bond donors (Lipinski definition) is 1. The van der Waals surface area contributed by atoms with Gasteiger partial charge in [-0.25, -0.2) is 0 Å². The van der Waals surface area contributed by atoms with Gasteiger partial charge in [0.25, 0.3) is 0 Å². The number of hydrogen-bond acceptors (Lipinski definition) is 2. The Balaban J connectivity index is 1.88. The third-order valence-electron chi connectivity index (χ3n) is 3.67.